The van der Waals surface area contributed by atoms with Crippen LogP contribution < -0.4 is 5.73 Å². The quantitative estimate of drug-likeness (QED) is 0.0823. The van der Waals surface area contributed by atoms with E-state index < -0.39 is 37.5 Å². The molecule has 3 aromatic rings. The number of rotatable bonds is 20. The molecule has 0 amide bonds. The van der Waals surface area contributed by atoms with Gasteiger partial charge in [-0.1, -0.05) is 50.4 Å². The number of imidazole rings is 1. The highest BCUT2D eigenvalue weighted by molar-refractivity contribution is 7.52. The maximum Gasteiger partial charge on any atom is 0.353 e. The third kappa shape index (κ3) is 12.5. The fourth-order valence-corrected chi connectivity index (χ4v) is 5.31. The van der Waals surface area contributed by atoms with Gasteiger partial charge in [-0.3, -0.25) is 4.57 Å². The maximum absolute atomic E-state index is 13.5. The Balaban J connectivity index is 1.11. The van der Waals surface area contributed by atoms with Crippen LogP contribution in [0.4, 0.5) is 19.0 Å². The normalized spacial score (nSPS) is 13.5. The Morgan fingerprint density at radius 1 is 0.955 bits per heavy atom. The third-order valence-electron chi connectivity index (χ3n) is 6.69. The molecule has 0 fully saturated rings. The van der Waals surface area contributed by atoms with Crippen LogP contribution in [0.25, 0.3) is 11.2 Å². The molecular weight excluding hydrogens is 598 g/mol. The second kappa shape index (κ2) is 18.7. The van der Waals surface area contributed by atoms with Crippen molar-refractivity contribution in [2.45, 2.75) is 83.8 Å². The van der Waals surface area contributed by atoms with Crippen molar-refractivity contribution in [3.8, 4) is 11.8 Å². The van der Waals surface area contributed by atoms with Gasteiger partial charge < -0.3 is 29.2 Å². The highest BCUT2D eigenvalue weighted by Crippen LogP contribution is 2.42. The van der Waals surface area contributed by atoms with Crippen molar-refractivity contribution < 1.29 is 36.6 Å². The number of nitrogen functional groups attached to an aromatic ring is 1. The number of fused-ring (bicyclic) bond motifs is 1. The molecule has 1 aromatic carbocycles. The lowest BCUT2D eigenvalue weighted by atomic mass is 10.1. The molecule has 0 aliphatic heterocycles. The zero-order chi connectivity index (χ0) is 31.8. The van der Waals surface area contributed by atoms with E-state index in [1.165, 1.54) is 6.33 Å². The summed E-state index contributed by atoms with van der Waals surface area (Å²) in [4.78, 5) is 22.3. The van der Waals surface area contributed by atoms with Gasteiger partial charge in [-0.25, -0.2) is 28.1 Å². The van der Waals surface area contributed by atoms with Gasteiger partial charge in [0.1, 0.15) is 35.6 Å². The molecule has 2 atom stereocenters. The monoisotopic (exact) mass is 639 g/mol. The average Bonchev–Trinajstić information content (AvgIpc) is 3.38. The van der Waals surface area contributed by atoms with Crippen molar-refractivity contribution in [3.05, 3.63) is 47.8 Å². The molecule has 44 heavy (non-hydrogen) atoms. The minimum atomic E-state index is -3.89. The van der Waals surface area contributed by atoms with Gasteiger partial charge in [0.25, 0.3) is 0 Å². The van der Waals surface area contributed by atoms with Gasteiger partial charge in [0.2, 0.25) is 0 Å². The van der Waals surface area contributed by atoms with Crippen LogP contribution >= 0.6 is 7.60 Å². The lowest BCUT2D eigenvalue weighted by molar-refractivity contribution is 0.0688. The van der Waals surface area contributed by atoms with E-state index in [4.69, 9.17) is 19.7 Å². The van der Waals surface area contributed by atoms with E-state index in [9.17, 15) is 22.6 Å². The van der Waals surface area contributed by atoms with Gasteiger partial charge >= 0.3 is 7.60 Å². The van der Waals surface area contributed by atoms with Crippen molar-refractivity contribution in [2.75, 3.05) is 31.9 Å². The Morgan fingerprint density at radius 2 is 1.61 bits per heavy atom. The van der Waals surface area contributed by atoms with Gasteiger partial charge in [-0.15, -0.1) is 0 Å². The van der Waals surface area contributed by atoms with Crippen molar-refractivity contribution in [1.82, 2.24) is 19.5 Å². The number of aromatic nitrogens is 4. The Bertz CT molecular complexity index is 1410. The maximum atomic E-state index is 13.5. The standard InChI is InChI=1S/C30H41F3N5O5P/c1-23(19-38-21-37-28-29(34)35-20-36-30(28)38)42-22-44(39,40)43-16-12-15-41-14-11-9-7-5-3-2-4-6-8-10-13-25-26(32)17-24(31)18-27(25)33/h17-18,20-21,23H,2-9,11-12,14-16,19,22H2,1H3,(H,39,40)(H2,34,35,36)/t23-/m1/s1. The van der Waals surface area contributed by atoms with E-state index in [-0.39, 0.29) is 18.0 Å². The van der Waals surface area contributed by atoms with Crippen LogP contribution in [-0.2, 0) is 25.1 Å². The first-order valence-electron chi connectivity index (χ1n) is 14.9. The number of hydrogen-bond donors (Lipinski definition) is 2. The number of hydrogen-bond acceptors (Lipinski definition) is 8. The fourth-order valence-electron chi connectivity index (χ4n) is 4.38. The SMILES string of the molecule is C[C@H](Cn1cnc2c(N)ncnc21)OCP(=O)(O)OCCCOCCCCCCCCCCC#Cc1c(F)cc(F)cc1F. The molecule has 2 heterocycles. The van der Waals surface area contributed by atoms with E-state index in [2.05, 4.69) is 26.8 Å². The first-order valence-corrected chi connectivity index (χ1v) is 16.6. The molecule has 1 unspecified atom stereocenters. The van der Waals surface area contributed by atoms with Crippen molar-refractivity contribution in [3.63, 3.8) is 0 Å². The molecule has 3 rings (SSSR count). The molecule has 10 nitrogen and oxygen atoms in total. The zero-order valence-electron chi connectivity index (χ0n) is 25.0. The van der Waals surface area contributed by atoms with E-state index in [1.54, 1.807) is 17.8 Å². The molecule has 0 spiro atoms. The van der Waals surface area contributed by atoms with Crippen molar-refractivity contribution in [1.29, 1.82) is 0 Å². The van der Waals surface area contributed by atoms with E-state index in [1.807, 2.05) is 0 Å². The summed E-state index contributed by atoms with van der Waals surface area (Å²) in [5.41, 5.74) is 6.47. The largest absolute Gasteiger partial charge is 0.382 e. The number of unbranched alkanes of at least 4 members (excludes halogenated alkanes) is 8. The number of benzene rings is 1. The van der Waals surface area contributed by atoms with Crippen LogP contribution in [-0.4, -0.2) is 56.7 Å². The highest BCUT2D eigenvalue weighted by Gasteiger charge is 2.21. The van der Waals surface area contributed by atoms with Gasteiger partial charge in [-0.05, 0) is 26.2 Å². The number of anilines is 1. The molecule has 0 bridgehead atoms. The third-order valence-corrected chi connectivity index (χ3v) is 7.75. The summed E-state index contributed by atoms with van der Waals surface area (Å²) in [6, 6.07) is 1.27. The van der Waals surface area contributed by atoms with Gasteiger partial charge in [0.15, 0.2) is 11.5 Å². The smallest absolute Gasteiger partial charge is 0.353 e. The summed E-state index contributed by atoms with van der Waals surface area (Å²) in [6.07, 6.45) is 11.4. The second-order valence-electron chi connectivity index (χ2n) is 10.5. The molecule has 2 aromatic heterocycles. The predicted octanol–water partition coefficient (Wildman–Crippen LogP) is 6.36. The Labute approximate surface area is 256 Å². The van der Waals surface area contributed by atoms with E-state index in [0.717, 1.165) is 51.4 Å². The lowest BCUT2D eigenvalue weighted by Crippen LogP contribution is -2.17. The first-order chi connectivity index (χ1) is 21.2. The van der Waals surface area contributed by atoms with Gasteiger partial charge in [0, 0.05) is 31.8 Å². The fraction of sp³-hybridized carbons (Fsp3) is 0.567. The molecule has 14 heteroatoms. The minimum absolute atomic E-state index is 0.0967. The van der Waals surface area contributed by atoms with E-state index in [0.29, 0.717) is 55.9 Å². The first kappa shape index (κ1) is 35.5. The van der Waals surface area contributed by atoms with Crippen LogP contribution in [0.5, 0.6) is 0 Å². The average molecular weight is 640 g/mol. The summed E-state index contributed by atoms with van der Waals surface area (Å²) in [5.74, 6) is 2.60. The number of halogens is 3. The zero-order valence-corrected chi connectivity index (χ0v) is 25.9. The summed E-state index contributed by atoms with van der Waals surface area (Å²) >= 11 is 0. The van der Waals surface area contributed by atoms with Crippen LogP contribution in [0, 0.1) is 29.3 Å². The molecule has 0 saturated carbocycles. The predicted molar refractivity (Wildman–Crippen MR) is 161 cm³/mol. The Hall–Kier alpha value is -3.01. The van der Waals surface area contributed by atoms with Crippen LogP contribution in [0.2, 0.25) is 0 Å². The molecular formula is C30H41F3N5O5P. The summed E-state index contributed by atoms with van der Waals surface area (Å²) in [6.45, 7) is 3.31. The van der Waals surface area contributed by atoms with Gasteiger partial charge in [0.05, 0.1) is 31.1 Å². The molecule has 242 valence electrons. The Morgan fingerprint density at radius 3 is 2.34 bits per heavy atom. The van der Waals surface area contributed by atoms with Gasteiger partial charge in [-0.2, -0.15) is 0 Å². The topological polar surface area (TPSA) is 135 Å². The highest BCUT2D eigenvalue weighted by atomic mass is 31.2. The molecule has 0 radical (unpaired) electrons. The lowest BCUT2D eigenvalue weighted by Gasteiger charge is -2.17. The summed E-state index contributed by atoms with van der Waals surface area (Å²) in [5, 5.41) is 0. The van der Waals surface area contributed by atoms with Crippen molar-refractivity contribution >= 4 is 24.6 Å². The molecule has 3 N–H and O–H groups in total. The minimum Gasteiger partial charge on any atom is -0.382 e. The van der Waals surface area contributed by atoms with Crippen LogP contribution in [0.3, 0.4) is 0 Å². The summed E-state index contributed by atoms with van der Waals surface area (Å²) < 4.78 is 70.3. The van der Waals surface area contributed by atoms with Crippen LogP contribution in [0.1, 0.15) is 76.7 Å². The Kier molecular flexibility index (Phi) is 15.1. The summed E-state index contributed by atoms with van der Waals surface area (Å²) in [7, 11) is -3.89. The number of nitrogens with zero attached hydrogens (tertiary/aromatic N) is 4. The molecule has 0 aliphatic rings. The molecule has 0 aliphatic carbocycles. The van der Waals surface area contributed by atoms with E-state index >= 15 is 0 Å². The second-order valence-corrected chi connectivity index (χ2v) is 12.3. The van der Waals surface area contributed by atoms with Crippen molar-refractivity contribution in [2.24, 2.45) is 0 Å². The number of ether oxygens (including phenoxy) is 2. The number of nitrogens with two attached hydrogens (primary N) is 1. The molecule has 0 saturated heterocycles. The van der Waals surface area contributed by atoms with Crippen LogP contribution in [0.15, 0.2) is 24.8 Å².